The van der Waals surface area contributed by atoms with Gasteiger partial charge in [0.25, 0.3) is 11.5 Å². The molecule has 39 heavy (non-hydrogen) atoms. The van der Waals surface area contributed by atoms with E-state index in [9.17, 15) is 14.0 Å². The van der Waals surface area contributed by atoms with Crippen LogP contribution in [0, 0.1) is 5.82 Å². The molecule has 6 rings (SSSR count). The van der Waals surface area contributed by atoms with Crippen molar-refractivity contribution in [1.29, 1.82) is 0 Å². The predicted molar refractivity (Wildman–Crippen MR) is 149 cm³/mol. The first-order valence-electron chi connectivity index (χ1n) is 12.9. The van der Waals surface area contributed by atoms with Gasteiger partial charge in [0.15, 0.2) is 5.82 Å². The van der Waals surface area contributed by atoms with Gasteiger partial charge in [0.2, 0.25) is 4.96 Å². The molecule has 0 aliphatic carbocycles. The van der Waals surface area contributed by atoms with Crippen LogP contribution in [0.4, 0.5) is 10.1 Å². The molecule has 3 aromatic carbocycles. The number of rotatable bonds is 8. The van der Waals surface area contributed by atoms with E-state index in [-0.39, 0.29) is 23.8 Å². The van der Waals surface area contributed by atoms with Gasteiger partial charge in [-0.05, 0) is 54.4 Å². The number of nitrogens with zero attached hydrogens (tertiary/aromatic N) is 4. The van der Waals surface area contributed by atoms with E-state index < -0.39 is 0 Å². The van der Waals surface area contributed by atoms with Crippen molar-refractivity contribution in [1.82, 2.24) is 14.6 Å². The first-order valence-corrected chi connectivity index (χ1v) is 13.7. The van der Waals surface area contributed by atoms with Gasteiger partial charge in [-0.1, -0.05) is 61.4 Å². The summed E-state index contributed by atoms with van der Waals surface area (Å²) in [5.74, 6) is 0.596. The normalized spacial score (nSPS) is 14.3. The number of ether oxygens (including phenoxy) is 1. The molecule has 1 amide bonds. The van der Waals surface area contributed by atoms with Crippen LogP contribution in [0.2, 0.25) is 0 Å². The first-order chi connectivity index (χ1) is 19.0. The topological polar surface area (TPSA) is 76.8 Å². The molecule has 0 bridgehead atoms. The fraction of sp³-hybridized carbons (Fsp3) is 0.200. The number of aromatic nitrogens is 3. The van der Waals surface area contributed by atoms with Crippen LogP contribution < -0.4 is 19.7 Å². The van der Waals surface area contributed by atoms with Crippen LogP contribution in [0.1, 0.15) is 37.3 Å². The number of carbonyl (C=O) groups excluding carboxylic acids is 1. The number of fused-ring (bicyclic) bond motifs is 2. The molecule has 196 valence electrons. The summed E-state index contributed by atoms with van der Waals surface area (Å²) in [6.45, 7) is 3.09. The largest absolute Gasteiger partial charge is 0.494 e. The van der Waals surface area contributed by atoms with E-state index in [1.54, 1.807) is 17.0 Å². The molecule has 9 heteroatoms. The van der Waals surface area contributed by atoms with Crippen molar-refractivity contribution >= 4 is 33.5 Å². The molecule has 1 aliphatic rings. The van der Waals surface area contributed by atoms with E-state index in [1.807, 2.05) is 48.5 Å². The highest BCUT2D eigenvalue weighted by Gasteiger charge is 2.34. The highest BCUT2D eigenvalue weighted by molar-refractivity contribution is 7.15. The lowest BCUT2D eigenvalue weighted by molar-refractivity contribution is -0.113. The molecule has 0 saturated carbocycles. The van der Waals surface area contributed by atoms with Crippen molar-refractivity contribution < 1.29 is 13.9 Å². The summed E-state index contributed by atoms with van der Waals surface area (Å²) in [4.78, 5) is 33.7. The molecule has 5 aromatic rings. The van der Waals surface area contributed by atoms with Gasteiger partial charge < -0.3 is 9.64 Å². The standard InChI is InChI=1S/C30H25FN4O3S/c1-2-3-6-17-38-22-15-11-20(12-16-22)27-32-30-35(33-27)29(37)26(39-30)25-23-7-4-5-8-24(23)34(28(25)36)18-19-9-13-21(31)14-10-19/h4-5,7-16H,2-3,6,17-18H2,1H3/b26-25-. The second-order valence-corrected chi connectivity index (χ2v) is 10.3. The third-order valence-electron chi connectivity index (χ3n) is 6.69. The first kappa shape index (κ1) is 24.9. The Balaban J connectivity index is 1.33. The molecule has 0 N–H and O–H groups in total. The third kappa shape index (κ3) is 4.70. The molecule has 0 atom stereocenters. The number of benzene rings is 3. The third-order valence-corrected chi connectivity index (χ3v) is 7.72. The highest BCUT2D eigenvalue weighted by atomic mass is 32.1. The molecule has 1 aliphatic heterocycles. The van der Waals surface area contributed by atoms with Crippen LogP contribution in [-0.2, 0) is 11.3 Å². The molecule has 0 unspecified atom stereocenters. The Morgan fingerprint density at radius 1 is 0.949 bits per heavy atom. The average molecular weight is 541 g/mol. The summed E-state index contributed by atoms with van der Waals surface area (Å²) in [7, 11) is 0. The van der Waals surface area contributed by atoms with Crippen LogP contribution in [-0.4, -0.2) is 27.1 Å². The van der Waals surface area contributed by atoms with Crippen LogP contribution >= 0.6 is 11.3 Å². The number of carbonyl (C=O) groups is 1. The number of thiazole rings is 1. The summed E-state index contributed by atoms with van der Waals surface area (Å²) in [5, 5.41) is 4.46. The Labute approximate surface area is 227 Å². The quantitative estimate of drug-likeness (QED) is 0.259. The number of para-hydroxylation sites is 1. The van der Waals surface area contributed by atoms with Crippen molar-refractivity contribution in [2.45, 2.75) is 32.7 Å². The summed E-state index contributed by atoms with van der Waals surface area (Å²) < 4.78 is 20.7. The molecule has 0 fully saturated rings. The maximum atomic E-state index is 13.6. The monoisotopic (exact) mass is 540 g/mol. The second kappa shape index (κ2) is 10.4. The molecular formula is C30H25FN4O3S. The van der Waals surface area contributed by atoms with Gasteiger partial charge in [-0.15, -0.1) is 5.10 Å². The van der Waals surface area contributed by atoms with Crippen LogP contribution in [0.5, 0.6) is 5.75 Å². The maximum absolute atomic E-state index is 13.6. The predicted octanol–water partition coefficient (Wildman–Crippen LogP) is 4.99. The smallest absolute Gasteiger partial charge is 0.291 e. The van der Waals surface area contributed by atoms with Gasteiger partial charge in [0.05, 0.1) is 24.4 Å². The van der Waals surface area contributed by atoms with Crippen molar-refractivity contribution in [3.05, 3.63) is 105 Å². The molecule has 0 spiro atoms. The van der Waals surface area contributed by atoms with Gasteiger partial charge >= 0.3 is 0 Å². The number of hydrogen-bond donors (Lipinski definition) is 0. The zero-order chi connectivity index (χ0) is 26.9. The number of unbranched alkanes of at least 4 members (excludes halogenated alkanes) is 2. The van der Waals surface area contributed by atoms with Crippen LogP contribution in [0.15, 0.2) is 77.6 Å². The summed E-state index contributed by atoms with van der Waals surface area (Å²) in [6, 6.07) is 20.9. The fourth-order valence-corrected chi connectivity index (χ4v) is 5.68. The fourth-order valence-electron chi connectivity index (χ4n) is 4.68. The maximum Gasteiger partial charge on any atom is 0.291 e. The Hall–Kier alpha value is -4.37. The number of amides is 1. The molecule has 3 heterocycles. The summed E-state index contributed by atoms with van der Waals surface area (Å²) in [5.41, 5.74) is 2.90. The van der Waals surface area contributed by atoms with Crippen LogP contribution in [0.25, 0.3) is 21.9 Å². The van der Waals surface area contributed by atoms with E-state index >= 15 is 0 Å². The van der Waals surface area contributed by atoms with E-state index in [0.717, 1.165) is 47.5 Å². The van der Waals surface area contributed by atoms with Crippen molar-refractivity contribution in [3.63, 3.8) is 0 Å². The number of halogens is 1. The molecule has 0 saturated heterocycles. The van der Waals surface area contributed by atoms with E-state index in [4.69, 9.17) is 4.74 Å². The van der Waals surface area contributed by atoms with Gasteiger partial charge in [-0.2, -0.15) is 9.50 Å². The average Bonchev–Trinajstić information content (AvgIpc) is 3.59. The Morgan fingerprint density at radius 2 is 1.72 bits per heavy atom. The molecule has 0 radical (unpaired) electrons. The lowest BCUT2D eigenvalue weighted by Crippen LogP contribution is -2.32. The van der Waals surface area contributed by atoms with Crippen LogP contribution in [0.3, 0.4) is 0 Å². The molecule has 2 aromatic heterocycles. The van der Waals surface area contributed by atoms with Crippen molar-refractivity contribution in [2.75, 3.05) is 11.5 Å². The zero-order valence-electron chi connectivity index (χ0n) is 21.3. The molecular weight excluding hydrogens is 515 g/mol. The minimum atomic E-state index is -0.383. The lowest BCUT2D eigenvalue weighted by atomic mass is 10.1. The van der Waals surface area contributed by atoms with Crippen molar-refractivity contribution in [3.8, 4) is 17.1 Å². The molecule has 7 nitrogen and oxygen atoms in total. The van der Waals surface area contributed by atoms with Crippen molar-refractivity contribution in [2.24, 2.45) is 0 Å². The number of hydrogen-bond acceptors (Lipinski definition) is 6. The van der Waals surface area contributed by atoms with Gasteiger partial charge in [-0.25, -0.2) is 4.39 Å². The Bertz CT molecular complexity index is 1780. The summed E-state index contributed by atoms with van der Waals surface area (Å²) in [6.07, 6.45) is 3.29. The second-order valence-electron chi connectivity index (χ2n) is 9.36. The number of anilines is 1. The minimum Gasteiger partial charge on any atom is -0.494 e. The van der Waals surface area contributed by atoms with E-state index in [0.29, 0.717) is 38.7 Å². The van der Waals surface area contributed by atoms with Gasteiger partial charge in [0, 0.05) is 11.1 Å². The Morgan fingerprint density at radius 3 is 2.46 bits per heavy atom. The zero-order valence-corrected chi connectivity index (χ0v) is 22.1. The Kier molecular flexibility index (Phi) is 6.66. The van der Waals surface area contributed by atoms with Gasteiger partial charge in [-0.3, -0.25) is 9.59 Å². The lowest BCUT2D eigenvalue weighted by Gasteiger charge is -2.17. The van der Waals surface area contributed by atoms with E-state index in [1.165, 1.54) is 16.6 Å². The summed E-state index contributed by atoms with van der Waals surface area (Å²) >= 11 is 1.15. The minimum absolute atomic E-state index is 0.261. The van der Waals surface area contributed by atoms with E-state index in [2.05, 4.69) is 17.0 Å². The highest BCUT2D eigenvalue weighted by Crippen LogP contribution is 2.36. The SMILES string of the molecule is CCCCCOc1ccc(-c2nc3s/c(=C4\C(=O)N(Cc5ccc(F)cc5)c5ccccc54)c(=O)n3n2)cc1. The van der Waals surface area contributed by atoms with Gasteiger partial charge in [0.1, 0.15) is 16.1 Å².